The van der Waals surface area contributed by atoms with Gasteiger partial charge in [-0.1, -0.05) is 30.3 Å². The van der Waals surface area contributed by atoms with Crippen LogP contribution < -0.4 is 0 Å². The molecule has 1 aliphatic heterocycles. The molecular weight excluding hydrogens is 352 g/mol. The Morgan fingerprint density at radius 1 is 1.04 bits per heavy atom. The second-order valence-corrected chi connectivity index (χ2v) is 7.62. The van der Waals surface area contributed by atoms with E-state index in [1.807, 2.05) is 42.5 Å². The minimum absolute atomic E-state index is 0.305. The molecule has 0 saturated carbocycles. The summed E-state index contributed by atoms with van der Waals surface area (Å²) < 4.78 is 4.76. The molecule has 1 fully saturated rings. The summed E-state index contributed by atoms with van der Waals surface area (Å²) in [6.07, 6.45) is 0.901. The maximum atomic E-state index is 11.6. The van der Waals surface area contributed by atoms with Crippen LogP contribution in [0.15, 0.2) is 48.5 Å². The highest BCUT2D eigenvalue weighted by Crippen LogP contribution is 2.21. The minimum atomic E-state index is -0.305. The van der Waals surface area contributed by atoms with Crippen molar-refractivity contribution in [3.05, 3.63) is 70.8 Å². The molecule has 1 saturated heterocycles. The van der Waals surface area contributed by atoms with Crippen molar-refractivity contribution in [2.24, 2.45) is 0 Å². The summed E-state index contributed by atoms with van der Waals surface area (Å²) in [5.74, 6) is -0.305. The maximum Gasteiger partial charge on any atom is 0.337 e. The second-order valence-electron chi connectivity index (χ2n) is 7.62. The average Bonchev–Trinajstić information content (AvgIpc) is 2.70. The standard InChI is InChI=1S/C23H28N2O3/c1-17-12-24(14-20-5-4-6-21(11-20)16-26)13-18(2)25(17)15-19-7-9-22(10-8-19)23(27)28-3/h4-11,16-18H,12-15H2,1-3H3/t17-,18+. The Bertz CT molecular complexity index is 807. The first-order valence-corrected chi connectivity index (χ1v) is 9.69. The maximum absolute atomic E-state index is 11.6. The highest BCUT2D eigenvalue weighted by atomic mass is 16.5. The molecule has 2 atom stereocenters. The Morgan fingerprint density at radius 3 is 2.32 bits per heavy atom. The molecule has 5 nitrogen and oxygen atoms in total. The molecule has 28 heavy (non-hydrogen) atoms. The molecule has 5 heteroatoms. The van der Waals surface area contributed by atoms with Crippen LogP contribution in [0.1, 0.15) is 45.7 Å². The van der Waals surface area contributed by atoms with Gasteiger partial charge < -0.3 is 4.74 Å². The van der Waals surface area contributed by atoms with Gasteiger partial charge in [-0.2, -0.15) is 0 Å². The van der Waals surface area contributed by atoms with Gasteiger partial charge in [-0.25, -0.2) is 4.79 Å². The molecule has 0 aromatic heterocycles. The van der Waals surface area contributed by atoms with Crippen LogP contribution >= 0.6 is 0 Å². The second kappa shape index (κ2) is 9.13. The van der Waals surface area contributed by atoms with Crippen LogP contribution in [-0.4, -0.2) is 54.3 Å². The lowest BCUT2D eigenvalue weighted by Crippen LogP contribution is -2.55. The number of nitrogens with zero attached hydrogens (tertiary/aromatic N) is 2. The summed E-state index contributed by atoms with van der Waals surface area (Å²) in [5, 5.41) is 0. The van der Waals surface area contributed by atoms with Gasteiger partial charge in [0.1, 0.15) is 6.29 Å². The summed E-state index contributed by atoms with van der Waals surface area (Å²) in [4.78, 5) is 27.5. The van der Waals surface area contributed by atoms with Crippen molar-refractivity contribution in [2.45, 2.75) is 39.0 Å². The number of hydrogen-bond acceptors (Lipinski definition) is 5. The molecule has 0 bridgehead atoms. The smallest absolute Gasteiger partial charge is 0.337 e. The minimum Gasteiger partial charge on any atom is -0.465 e. The third-order valence-corrected chi connectivity index (χ3v) is 5.41. The van der Waals surface area contributed by atoms with Crippen LogP contribution in [0.5, 0.6) is 0 Å². The van der Waals surface area contributed by atoms with Gasteiger partial charge in [0.05, 0.1) is 12.7 Å². The number of methoxy groups -OCH3 is 1. The van der Waals surface area contributed by atoms with Gasteiger partial charge in [-0.3, -0.25) is 14.6 Å². The van der Waals surface area contributed by atoms with Crippen LogP contribution in [0.25, 0.3) is 0 Å². The van der Waals surface area contributed by atoms with E-state index in [2.05, 4.69) is 29.7 Å². The summed E-state index contributed by atoms with van der Waals surface area (Å²) in [6, 6.07) is 16.3. The molecule has 2 aromatic carbocycles. The third-order valence-electron chi connectivity index (χ3n) is 5.41. The Morgan fingerprint density at radius 2 is 1.71 bits per heavy atom. The summed E-state index contributed by atoms with van der Waals surface area (Å²) in [7, 11) is 1.40. The van der Waals surface area contributed by atoms with E-state index in [0.29, 0.717) is 17.6 Å². The number of carbonyl (C=O) groups excluding carboxylic acids is 2. The number of ether oxygens (including phenoxy) is 1. The molecule has 2 aromatic rings. The van der Waals surface area contributed by atoms with Crippen LogP contribution in [0.2, 0.25) is 0 Å². The number of esters is 1. The zero-order chi connectivity index (χ0) is 20.1. The van der Waals surface area contributed by atoms with E-state index in [4.69, 9.17) is 4.74 Å². The summed E-state index contributed by atoms with van der Waals surface area (Å²) >= 11 is 0. The van der Waals surface area contributed by atoms with Crippen LogP contribution in [0.3, 0.4) is 0 Å². The lowest BCUT2D eigenvalue weighted by molar-refractivity contribution is 0.0290. The van der Waals surface area contributed by atoms with Gasteiger partial charge >= 0.3 is 5.97 Å². The molecule has 0 N–H and O–H groups in total. The topological polar surface area (TPSA) is 49.9 Å². The molecule has 0 amide bonds. The van der Waals surface area contributed by atoms with Crippen molar-refractivity contribution < 1.29 is 14.3 Å². The van der Waals surface area contributed by atoms with Crippen molar-refractivity contribution >= 4 is 12.3 Å². The first-order chi connectivity index (χ1) is 13.5. The molecule has 1 heterocycles. The number of hydrogen-bond donors (Lipinski definition) is 0. The molecule has 1 aliphatic rings. The van der Waals surface area contributed by atoms with E-state index in [0.717, 1.165) is 38.0 Å². The van der Waals surface area contributed by atoms with E-state index in [-0.39, 0.29) is 5.97 Å². The summed E-state index contributed by atoms with van der Waals surface area (Å²) in [5.41, 5.74) is 3.68. The lowest BCUT2D eigenvalue weighted by atomic mass is 10.0. The molecular formula is C23H28N2O3. The van der Waals surface area contributed by atoms with Crippen molar-refractivity contribution in [1.29, 1.82) is 0 Å². The first kappa shape index (κ1) is 20.2. The van der Waals surface area contributed by atoms with Gasteiger partial charge in [0.2, 0.25) is 0 Å². The van der Waals surface area contributed by atoms with Gasteiger partial charge in [0, 0.05) is 43.8 Å². The Balaban J connectivity index is 1.61. The lowest BCUT2D eigenvalue weighted by Gasteiger charge is -2.44. The predicted octanol–water partition coefficient (Wildman–Crippen LogP) is 3.38. The van der Waals surface area contributed by atoms with Crippen LogP contribution in [-0.2, 0) is 17.8 Å². The van der Waals surface area contributed by atoms with Gasteiger partial charge in [-0.15, -0.1) is 0 Å². The van der Waals surface area contributed by atoms with E-state index in [9.17, 15) is 9.59 Å². The highest BCUT2D eigenvalue weighted by Gasteiger charge is 2.29. The average molecular weight is 380 g/mol. The van der Waals surface area contributed by atoms with Crippen LogP contribution in [0, 0.1) is 0 Å². The van der Waals surface area contributed by atoms with Crippen molar-refractivity contribution in [3.8, 4) is 0 Å². The SMILES string of the molecule is COC(=O)c1ccc(CN2[C@H](C)CN(Cc3cccc(C=O)c3)C[C@@H]2C)cc1. The van der Waals surface area contributed by atoms with Gasteiger partial charge in [0.25, 0.3) is 0 Å². The fourth-order valence-electron chi connectivity index (χ4n) is 4.00. The molecule has 148 valence electrons. The molecule has 0 spiro atoms. The van der Waals surface area contributed by atoms with Crippen molar-refractivity contribution in [3.63, 3.8) is 0 Å². The predicted molar refractivity (Wildman–Crippen MR) is 109 cm³/mol. The third kappa shape index (κ3) is 4.86. The molecule has 3 rings (SSSR count). The zero-order valence-electron chi connectivity index (χ0n) is 16.8. The number of rotatable bonds is 6. The van der Waals surface area contributed by atoms with E-state index in [1.54, 1.807) is 0 Å². The Hall–Kier alpha value is -2.50. The van der Waals surface area contributed by atoms with E-state index in [1.165, 1.54) is 18.2 Å². The monoisotopic (exact) mass is 380 g/mol. The fraction of sp³-hybridized carbons (Fsp3) is 0.391. The highest BCUT2D eigenvalue weighted by molar-refractivity contribution is 5.89. The molecule has 0 radical (unpaired) electrons. The van der Waals surface area contributed by atoms with Gasteiger partial charge in [-0.05, 0) is 43.2 Å². The normalized spacial score (nSPS) is 20.7. The largest absolute Gasteiger partial charge is 0.465 e. The quantitative estimate of drug-likeness (QED) is 0.568. The Labute approximate surface area is 166 Å². The number of piperazine rings is 1. The number of benzene rings is 2. The summed E-state index contributed by atoms with van der Waals surface area (Å²) in [6.45, 7) is 8.20. The number of aldehydes is 1. The van der Waals surface area contributed by atoms with Crippen LogP contribution in [0.4, 0.5) is 0 Å². The number of carbonyl (C=O) groups is 2. The van der Waals surface area contributed by atoms with Crippen molar-refractivity contribution in [2.75, 3.05) is 20.2 Å². The molecule has 0 aliphatic carbocycles. The van der Waals surface area contributed by atoms with Crippen molar-refractivity contribution in [1.82, 2.24) is 9.80 Å². The first-order valence-electron chi connectivity index (χ1n) is 9.69. The van der Waals surface area contributed by atoms with E-state index >= 15 is 0 Å². The van der Waals surface area contributed by atoms with Gasteiger partial charge in [0.15, 0.2) is 0 Å². The Kier molecular flexibility index (Phi) is 6.60. The molecule has 0 unspecified atom stereocenters. The fourth-order valence-corrected chi connectivity index (χ4v) is 4.00. The van der Waals surface area contributed by atoms with E-state index < -0.39 is 0 Å². The zero-order valence-corrected chi connectivity index (χ0v) is 16.8.